The first-order valence-corrected chi connectivity index (χ1v) is 6.65. The number of hydrogen-bond donors (Lipinski definition) is 1. The highest BCUT2D eigenvalue weighted by Gasteiger charge is 2.09. The number of nitrogens with zero attached hydrogens (tertiary/aromatic N) is 2. The van der Waals surface area contributed by atoms with Crippen molar-refractivity contribution in [3.05, 3.63) is 30.1 Å². The second-order valence-corrected chi connectivity index (χ2v) is 4.84. The lowest BCUT2D eigenvalue weighted by Gasteiger charge is -2.13. The number of rotatable bonds is 6. The van der Waals surface area contributed by atoms with Crippen molar-refractivity contribution in [3.8, 4) is 0 Å². The van der Waals surface area contributed by atoms with E-state index in [2.05, 4.69) is 24.1 Å². The van der Waals surface area contributed by atoms with E-state index in [0.29, 0.717) is 23.6 Å². The van der Waals surface area contributed by atoms with Crippen LogP contribution in [0.1, 0.15) is 26.7 Å². The summed E-state index contributed by atoms with van der Waals surface area (Å²) in [6, 6.07) is 2.80. The van der Waals surface area contributed by atoms with Crippen LogP contribution >= 0.6 is 0 Å². The first-order valence-electron chi connectivity index (χ1n) is 6.65. The molecule has 0 saturated carbocycles. The van der Waals surface area contributed by atoms with Gasteiger partial charge in [0.05, 0.1) is 17.4 Å². The molecule has 5 heteroatoms. The molecule has 0 amide bonds. The second kappa shape index (κ2) is 6.10. The fourth-order valence-corrected chi connectivity index (χ4v) is 2.20. The molecule has 104 valence electrons. The maximum atomic E-state index is 13.2. The molecule has 0 aliphatic heterocycles. The number of hydrogen-bond acceptors (Lipinski definition) is 2. The first kappa shape index (κ1) is 13.9. The van der Waals surface area contributed by atoms with E-state index in [9.17, 15) is 8.78 Å². The molecule has 19 heavy (non-hydrogen) atoms. The molecule has 1 aromatic heterocycles. The van der Waals surface area contributed by atoms with Crippen molar-refractivity contribution in [2.24, 2.45) is 0 Å². The van der Waals surface area contributed by atoms with Crippen LogP contribution in [0.25, 0.3) is 11.0 Å². The minimum atomic E-state index is -0.854. The van der Waals surface area contributed by atoms with E-state index in [1.54, 1.807) is 6.33 Å². The van der Waals surface area contributed by atoms with Crippen LogP contribution in [-0.4, -0.2) is 22.1 Å². The van der Waals surface area contributed by atoms with Crippen LogP contribution in [0.2, 0.25) is 0 Å². The van der Waals surface area contributed by atoms with Crippen molar-refractivity contribution in [2.75, 3.05) is 6.54 Å². The highest BCUT2D eigenvalue weighted by atomic mass is 19.2. The predicted molar refractivity (Wildman–Crippen MR) is 72.0 cm³/mol. The molecular formula is C14H19F2N3. The van der Waals surface area contributed by atoms with Gasteiger partial charge in [0.25, 0.3) is 0 Å². The third kappa shape index (κ3) is 3.29. The quantitative estimate of drug-likeness (QED) is 0.871. The zero-order valence-corrected chi connectivity index (χ0v) is 11.3. The highest BCUT2D eigenvalue weighted by molar-refractivity contribution is 5.75. The number of benzene rings is 1. The number of nitrogens with one attached hydrogen (secondary N) is 1. The molecule has 0 spiro atoms. The van der Waals surface area contributed by atoms with Gasteiger partial charge in [-0.25, -0.2) is 13.8 Å². The van der Waals surface area contributed by atoms with Gasteiger partial charge in [-0.05, 0) is 13.3 Å². The lowest BCUT2D eigenvalue weighted by atomic mass is 10.2. The maximum Gasteiger partial charge on any atom is 0.161 e. The predicted octanol–water partition coefficient (Wildman–Crippen LogP) is 3.09. The van der Waals surface area contributed by atoms with Gasteiger partial charge in [0, 0.05) is 31.3 Å². The van der Waals surface area contributed by atoms with Gasteiger partial charge < -0.3 is 9.88 Å². The van der Waals surface area contributed by atoms with Crippen molar-refractivity contribution in [1.82, 2.24) is 14.9 Å². The number of imidazole rings is 1. The molecule has 1 atom stereocenters. The topological polar surface area (TPSA) is 29.9 Å². The van der Waals surface area contributed by atoms with Gasteiger partial charge in [0.2, 0.25) is 0 Å². The monoisotopic (exact) mass is 267 g/mol. The van der Waals surface area contributed by atoms with Crippen LogP contribution in [-0.2, 0) is 6.54 Å². The van der Waals surface area contributed by atoms with E-state index in [1.807, 2.05) is 4.57 Å². The van der Waals surface area contributed by atoms with Gasteiger partial charge in [0.15, 0.2) is 11.6 Å². The Kier molecular flexibility index (Phi) is 4.47. The third-order valence-electron chi connectivity index (χ3n) is 3.23. The van der Waals surface area contributed by atoms with Crippen LogP contribution in [0, 0.1) is 11.6 Å². The summed E-state index contributed by atoms with van der Waals surface area (Å²) in [5.41, 5.74) is 1.12. The summed E-state index contributed by atoms with van der Waals surface area (Å²) in [5.74, 6) is -1.69. The minimum Gasteiger partial charge on any atom is -0.329 e. The zero-order valence-electron chi connectivity index (χ0n) is 11.3. The third-order valence-corrected chi connectivity index (χ3v) is 3.23. The van der Waals surface area contributed by atoms with E-state index in [-0.39, 0.29) is 0 Å². The molecule has 0 fully saturated rings. The Morgan fingerprint density at radius 2 is 2.05 bits per heavy atom. The van der Waals surface area contributed by atoms with Crippen LogP contribution in [0.4, 0.5) is 8.78 Å². The molecular weight excluding hydrogens is 248 g/mol. The lowest BCUT2D eigenvalue weighted by molar-refractivity contribution is 0.488. The Balaban J connectivity index is 2.03. The normalized spacial score (nSPS) is 13.1. The molecule has 1 heterocycles. The van der Waals surface area contributed by atoms with Crippen molar-refractivity contribution in [1.29, 1.82) is 0 Å². The average molecular weight is 267 g/mol. The van der Waals surface area contributed by atoms with E-state index in [4.69, 9.17) is 0 Å². The van der Waals surface area contributed by atoms with Gasteiger partial charge in [-0.3, -0.25) is 0 Å². The SMILES string of the molecule is CCCC(C)NCCn1cnc2cc(F)c(F)cc21. The van der Waals surface area contributed by atoms with E-state index >= 15 is 0 Å². The summed E-state index contributed by atoms with van der Waals surface area (Å²) >= 11 is 0. The summed E-state index contributed by atoms with van der Waals surface area (Å²) in [7, 11) is 0. The Labute approximate surface area is 111 Å². The summed E-state index contributed by atoms with van der Waals surface area (Å²) in [4.78, 5) is 4.08. The van der Waals surface area contributed by atoms with E-state index in [0.717, 1.165) is 25.5 Å². The molecule has 1 aromatic carbocycles. The molecule has 0 bridgehead atoms. The lowest BCUT2D eigenvalue weighted by Crippen LogP contribution is -2.29. The van der Waals surface area contributed by atoms with Crippen LogP contribution in [0.3, 0.4) is 0 Å². The molecule has 0 saturated heterocycles. The van der Waals surface area contributed by atoms with Crippen molar-refractivity contribution in [3.63, 3.8) is 0 Å². The molecule has 1 unspecified atom stereocenters. The highest BCUT2D eigenvalue weighted by Crippen LogP contribution is 2.17. The fourth-order valence-electron chi connectivity index (χ4n) is 2.20. The van der Waals surface area contributed by atoms with Gasteiger partial charge in [-0.2, -0.15) is 0 Å². The number of fused-ring (bicyclic) bond motifs is 1. The standard InChI is InChI=1S/C14H19F2N3/c1-3-4-10(2)17-5-6-19-9-18-13-7-11(15)12(16)8-14(13)19/h7-10,17H,3-6H2,1-2H3. The summed E-state index contributed by atoms with van der Waals surface area (Å²) in [6.07, 6.45) is 3.90. The summed E-state index contributed by atoms with van der Waals surface area (Å²) in [5, 5.41) is 3.40. The minimum absolute atomic E-state index is 0.467. The molecule has 0 aliphatic carbocycles. The van der Waals surface area contributed by atoms with Gasteiger partial charge in [0.1, 0.15) is 0 Å². The molecule has 0 aliphatic rings. The average Bonchev–Trinajstić information content (AvgIpc) is 2.73. The van der Waals surface area contributed by atoms with Crippen molar-refractivity contribution in [2.45, 2.75) is 39.3 Å². The molecule has 0 radical (unpaired) electrons. The molecule has 3 nitrogen and oxygen atoms in total. The maximum absolute atomic E-state index is 13.2. The molecule has 2 rings (SSSR count). The van der Waals surface area contributed by atoms with Gasteiger partial charge in [-0.1, -0.05) is 13.3 Å². The van der Waals surface area contributed by atoms with Crippen molar-refractivity contribution < 1.29 is 8.78 Å². The Bertz CT molecular complexity index is 551. The largest absolute Gasteiger partial charge is 0.329 e. The van der Waals surface area contributed by atoms with Gasteiger partial charge >= 0.3 is 0 Å². The van der Waals surface area contributed by atoms with Crippen LogP contribution in [0.5, 0.6) is 0 Å². The Morgan fingerprint density at radius 3 is 2.79 bits per heavy atom. The fraction of sp³-hybridized carbons (Fsp3) is 0.500. The van der Waals surface area contributed by atoms with E-state index < -0.39 is 11.6 Å². The van der Waals surface area contributed by atoms with Crippen LogP contribution in [0.15, 0.2) is 18.5 Å². The summed E-state index contributed by atoms with van der Waals surface area (Å²) in [6.45, 7) is 5.77. The molecule has 2 aromatic rings. The number of aromatic nitrogens is 2. The van der Waals surface area contributed by atoms with Crippen molar-refractivity contribution >= 4 is 11.0 Å². The first-order chi connectivity index (χ1) is 9.11. The van der Waals surface area contributed by atoms with E-state index in [1.165, 1.54) is 6.07 Å². The van der Waals surface area contributed by atoms with Gasteiger partial charge in [-0.15, -0.1) is 0 Å². The molecule has 1 N–H and O–H groups in total. The second-order valence-electron chi connectivity index (χ2n) is 4.84. The smallest absolute Gasteiger partial charge is 0.161 e. The van der Waals surface area contributed by atoms with Crippen LogP contribution < -0.4 is 5.32 Å². The summed E-state index contributed by atoms with van der Waals surface area (Å²) < 4.78 is 28.1. The zero-order chi connectivity index (χ0) is 13.8. The Morgan fingerprint density at radius 1 is 1.32 bits per heavy atom. The Hall–Kier alpha value is -1.49. The number of halogens is 2.